The fourth-order valence-corrected chi connectivity index (χ4v) is 2.28. The van der Waals surface area contributed by atoms with Gasteiger partial charge in [-0.3, -0.25) is 0 Å². The molecule has 0 saturated carbocycles. The molecular formula is C9H11N3. The Morgan fingerprint density at radius 3 is 3.50 bits per heavy atom. The molecule has 3 heterocycles. The zero-order valence-corrected chi connectivity index (χ0v) is 6.90. The van der Waals surface area contributed by atoms with E-state index in [-0.39, 0.29) is 0 Å². The quantitative estimate of drug-likeness (QED) is 0.565. The van der Waals surface area contributed by atoms with Crippen molar-refractivity contribution in [2.45, 2.75) is 12.8 Å². The molecular weight excluding hydrogens is 150 g/mol. The van der Waals surface area contributed by atoms with Crippen LogP contribution >= 0.6 is 0 Å². The second-order valence-electron chi connectivity index (χ2n) is 3.68. The lowest BCUT2D eigenvalue weighted by molar-refractivity contribution is 0.570. The third kappa shape index (κ3) is 0.763. The van der Waals surface area contributed by atoms with Gasteiger partial charge >= 0.3 is 0 Å². The van der Waals surface area contributed by atoms with Gasteiger partial charge in [-0.15, -0.1) is 5.10 Å². The molecule has 2 aliphatic heterocycles. The van der Waals surface area contributed by atoms with Gasteiger partial charge < -0.3 is 4.90 Å². The first kappa shape index (κ1) is 6.40. The fourth-order valence-electron chi connectivity index (χ4n) is 2.28. The van der Waals surface area contributed by atoms with Crippen molar-refractivity contribution in [1.29, 1.82) is 0 Å². The first-order chi connectivity index (χ1) is 5.93. The van der Waals surface area contributed by atoms with Crippen LogP contribution < -0.4 is 4.90 Å². The van der Waals surface area contributed by atoms with Crippen molar-refractivity contribution in [2.75, 3.05) is 18.0 Å². The Kier molecular flexibility index (Phi) is 1.17. The van der Waals surface area contributed by atoms with Crippen molar-refractivity contribution in [1.82, 2.24) is 10.2 Å². The van der Waals surface area contributed by atoms with Gasteiger partial charge in [-0.2, -0.15) is 5.10 Å². The maximum atomic E-state index is 4.17. The molecule has 0 amide bonds. The van der Waals surface area contributed by atoms with E-state index in [0.29, 0.717) is 0 Å². The van der Waals surface area contributed by atoms with E-state index in [1.165, 1.54) is 31.5 Å². The molecule has 1 aromatic rings. The summed E-state index contributed by atoms with van der Waals surface area (Å²) in [5.74, 6) is 2.01. The van der Waals surface area contributed by atoms with E-state index in [1.807, 2.05) is 0 Å². The average molecular weight is 161 g/mol. The van der Waals surface area contributed by atoms with E-state index >= 15 is 0 Å². The molecule has 1 unspecified atom stereocenters. The van der Waals surface area contributed by atoms with Crippen molar-refractivity contribution in [2.24, 2.45) is 5.92 Å². The van der Waals surface area contributed by atoms with Crippen LogP contribution in [0.3, 0.4) is 0 Å². The van der Waals surface area contributed by atoms with Gasteiger partial charge in [0.2, 0.25) is 0 Å². The molecule has 62 valence electrons. The lowest BCUT2D eigenvalue weighted by Crippen LogP contribution is -2.27. The molecule has 2 bridgehead atoms. The molecule has 0 spiro atoms. The molecule has 3 nitrogen and oxygen atoms in total. The van der Waals surface area contributed by atoms with Crippen molar-refractivity contribution in [3.63, 3.8) is 0 Å². The van der Waals surface area contributed by atoms with Crippen LogP contribution in [0.25, 0.3) is 0 Å². The minimum absolute atomic E-state index is 0.877. The van der Waals surface area contributed by atoms with E-state index in [1.54, 1.807) is 6.20 Å². The number of hydrogen-bond acceptors (Lipinski definition) is 3. The number of hydrogen-bond donors (Lipinski definition) is 0. The molecule has 0 radical (unpaired) electrons. The summed E-state index contributed by atoms with van der Waals surface area (Å²) in [6.45, 7) is 2.38. The molecule has 1 atom stereocenters. The van der Waals surface area contributed by atoms with E-state index in [2.05, 4.69) is 21.2 Å². The third-order valence-corrected chi connectivity index (χ3v) is 2.88. The fraction of sp³-hybridized carbons (Fsp3) is 0.556. The number of nitrogens with zero attached hydrogens (tertiary/aromatic N) is 3. The minimum Gasteiger partial charge on any atom is -0.355 e. The smallest absolute Gasteiger partial charge is 0.154 e. The Hall–Kier alpha value is -1.12. The normalized spacial score (nSPS) is 25.7. The second-order valence-corrected chi connectivity index (χ2v) is 3.68. The summed E-state index contributed by atoms with van der Waals surface area (Å²) in [4.78, 5) is 2.36. The molecule has 0 N–H and O–H groups in total. The van der Waals surface area contributed by atoms with Crippen molar-refractivity contribution < 1.29 is 0 Å². The molecule has 3 heteroatoms. The monoisotopic (exact) mass is 161 g/mol. The van der Waals surface area contributed by atoms with Gasteiger partial charge in [0.1, 0.15) is 0 Å². The number of anilines is 1. The van der Waals surface area contributed by atoms with Gasteiger partial charge in [0.15, 0.2) is 5.82 Å². The maximum Gasteiger partial charge on any atom is 0.154 e. The average Bonchev–Trinajstić information content (AvgIpc) is 2.49. The van der Waals surface area contributed by atoms with Gasteiger partial charge in [-0.05, 0) is 30.4 Å². The lowest BCUT2D eigenvalue weighted by atomic mass is 9.98. The van der Waals surface area contributed by atoms with Crippen LogP contribution in [-0.4, -0.2) is 23.3 Å². The summed E-state index contributed by atoms with van der Waals surface area (Å²) < 4.78 is 0. The highest BCUT2D eigenvalue weighted by Gasteiger charge is 2.30. The van der Waals surface area contributed by atoms with E-state index in [9.17, 15) is 0 Å². The second kappa shape index (κ2) is 2.19. The molecule has 1 aromatic heterocycles. The van der Waals surface area contributed by atoms with Gasteiger partial charge in [0.05, 0.1) is 6.20 Å². The Morgan fingerprint density at radius 1 is 1.50 bits per heavy atom. The van der Waals surface area contributed by atoms with Crippen LogP contribution in [0, 0.1) is 5.92 Å². The topological polar surface area (TPSA) is 29.0 Å². The molecule has 2 aliphatic rings. The highest BCUT2D eigenvalue weighted by atomic mass is 15.3. The predicted molar refractivity (Wildman–Crippen MR) is 46.1 cm³/mol. The number of rotatable bonds is 0. The number of fused-ring (bicyclic) bond motifs is 4. The van der Waals surface area contributed by atoms with Crippen LogP contribution in [-0.2, 0) is 6.42 Å². The molecule has 0 aromatic carbocycles. The van der Waals surface area contributed by atoms with Gasteiger partial charge in [-0.25, -0.2) is 0 Å². The standard InChI is InChI=1S/C9H11N3/c1-3-10-11-9-8(1)5-7-2-4-12(9)6-7/h1,3,7H,2,4-6H2. The zero-order chi connectivity index (χ0) is 7.97. The summed E-state index contributed by atoms with van der Waals surface area (Å²) in [6.07, 6.45) is 4.34. The van der Waals surface area contributed by atoms with E-state index < -0.39 is 0 Å². The minimum atomic E-state index is 0.877. The SMILES string of the molecule is c1cc2c(nn1)N1CCC(C2)C1. The van der Waals surface area contributed by atoms with Crippen LogP contribution in [0.5, 0.6) is 0 Å². The largest absolute Gasteiger partial charge is 0.355 e. The Bertz CT molecular complexity index is 310. The van der Waals surface area contributed by atoms with E-state index in [0.717, 1.165) is 11.7 Å². The number of aromatic nitrogens is 2. The molecule has 1 fully saturated rings. The van der Waals surface area contributed by atoms with Crippen molar-refractivity contribution >= 4 is 5.82 Å². The van der Waals surface area contributed by atoms with Gasteiger partial charge in [0.25, 0.3) is 0 Å². The maximum absolute atomic E-state index is 4.17. The van der Waals surface area contributed by atoms with Crippen LogP contribution in [0.15, 0.2) is 12.3 Å². The zero-order valence-electron chi connectivity index (χ0n) is 6.90. The van der Waals surface area contributed by atoms with E-state index in [4.69, 9.17) is 0 Å². The Labute approximate surface area is 71.4 Å². The van der Waals surface area contributed by atoms with Gasteiger partial charge in [0, 0.05) is 13.1 Å². The van der Waals surface area contributed by atoms with Crippen LogP contribution in [0.4, 0.5) is 5.82 Å². The summed E-state index contributed by atoms with van der Waals surface area (Å²) in [6, 6.07) is 2.10. The van der Waals surface area contributed by atoms with Crippen LogP contribution in [0.2, 0.25) is 0 Å². The third-order valence-electron chi connectivity index (χ3n) is 2.88. The predicted octanol–water partition coefficient (Wildman–Crippen LogP) is 0.859. The summed E-state index contributed by atoms with van der Waals surface area (Å²) in [7, 11) is 0. The highest BCUT2D eigenvalue weighted by molar-refractivity contribution is 5.49. The lowest BCUT2D eigenvalue weighted by Gasteiger charge is -2.24. The summed E-state index contributed by atoms with van der Waals surface area (Å²) in [5.41, 5.74) is 1.39. The molecule has 0 aliphatic carbocycles. The molecule has 12 heavy (non-hydrogen) atoms. The highest BCUT2D eigenvalue weighted by Crippen LogP contribution is 2.33. The summed E-state index contributed by atoms with van der Waals surface area (Å²) in [5, 5.41) is 8.10. The van der Waals surface area contributed by atoms with Crippen LogP contribution in [0.1, 0.15) is 12.0 Å². The summed E-state index contributed by atoms with van der Waals surface area (Å²) >= 11 is 0. The molecule has 3 rings (SSSR count). The first-order valence-corrected chi connectivity index (χ1v) is 4.49. The van der Waals surface area contributed by atoms with Gasteiger partial charge in [-0.1, -0.05) is 0 Å². The molecule has 1 saturated heterocycles. The van der Waals surface area contributed by atoms with Crippen molar-refractivity contribution in [3.8, 4) is 0 Å². The van der Waals surface area contributed by atoms with Crippen molar-refractivity contribution in [3.05, 3.63) is 17.8 Å². The Balaban J connectivity index is 2.13. The first-order valence-electron chi connectivity index (χ1n) is 4.49. The Morgan fingerprint density at radius 2 is 2.50 bits per heavy atom.